The molecule has 32 heavy (non-hydrogen) atoms. The van der Waals surface area contributed by atoms with E-state index in [0.717, 1.165) is 31.0 Å². The number of nitrogens with zero attached hydrogens (tertiary/aromatic N) is 3. The molecule has 4 rings (SSSR count). The van der Waals surface area contributed by atoms with Crippen LogP contribution in [-0.4, -0.2) is 21.3 Å². The van der Waals surface area contributed by atoms with E-state index in [1.807, 2.05) is 0 Å². The van der Waals surface area contributed by atoms with Crippen LogP contribution >= 0.6 is 12.4 Å². The lowest BCUT2D eigenvalue weighted by Crippen LogP contribution is -2.12. The Kier molecular flexibility index (Phi) is 10.1. The minimum atomic E-state index is 0. The minimum absolute atomic E-state index is 0. The number of unbranched alkanes of at least 4 members (excludes halogenated alkanes) is 9. The van der Waals surface area contributed by atoms with Gasteiger partial charge in [-0.1, -0.05) is 88.1 Å². The van der Waals surface area contributed by atoms with Gasteiger partial charge in [0.1, 0.15) is 0 Å². The number of rotatable bonds is 13. The number of nitrogens with one attached hydrogen (secondary N) is 1. The fraction of sp³-hybridized carbons (Fsp3) is 0.615. The first-order chi connectivity index (χ1) is 15.4. The average Bonchev–Trinajstić information content (AvgIpc) is 3.55. The third-order valence-corrected chi connectivity index (χ3v) is 6.58. The number of benzene rings is 1. The summed E-state index contributed by atoms with van der Waals surface area (Å²) in [5, 5.41) is 8.96. The molecule has 1 aliphatic heterocycles. The van der Waals surface area contributed by atoms with Crippen LogP contribution in [0.3, 0.4) is 0 Å². The van der Waals surface area contributed by atoms with Crippen molar-refractivity contribution in [3.05, 3.63) is 36.4 Å². The number of aromatic nitrogens is 3. The summed E-state index contributed by atoms with van der Waals surface area (Å²) in [5.74, 6) is 1.43. The quantitative estimate of drug-likeness (QED) is 0.270. The van der Waals surface area contributed by atoms with Gasteiger partial charge in [-0.25, -0.2) is 0 Å². The van der Waals surface area contributed by atoms with E-state index in [1.54, 1.807) is 0 Å². The van der Waals surface area contributed by atoms with Gasteiger partial charge in [0.15, 0.2) is 0 Å². The maximum atomic E-state index is 5.60. The third-order valence-electron chi connectivity index (χ3n) is 6.58. The number of halogens is 1. The molecule has 1 unspecified atom stereocenters. The van der Waals surface area contributed by atoms with E-state index in [1.165, 1.54) is 81.5 Å². The van der Waals surface area contributed by atoms with Gasteiger partial charge in [-0.3, -0.25) is 0 Å². The Balaban J connectivity index is 0.00000289. The van der Waals surface area contributed by atoms with Crippen LogP contribution < -0.4 is 5.32 Å². The smallest absolute Gasteiger partial charge is 0.244 e. The van der Waals surface area contributed by atoms with E-state index in [2.05, 4.69) is 52.4 Å². The lowest BCUT2D eigenvalue weighted by Gasteiger charge is -2.05. The maximum Gasteiger partial charge on any atom is 0.244 e. The second-order valence-electron chi connectivity index (χ2n) is 9.04. The third kappa shape index (κ3) is 6.35. The average molecular weight is 459 g/mol. The molecule has 1 aromatic carbocycles. The first-order valence-corrected chi connectivity index (χ1v) is 12.5. The Morgan fingerprint density at radius 2 is 1.72 bits per heavy atom. The first kappa shape index (κ1) is 24.8. The van der Waals surface area contributed by atoms with E-state index in [4.69, 9.17) is 9.51 Å². The summed E-state index contributed by atoms with van der Waals surface area (Å²) in [5.41, 5.74) is 2.34. The molecule has 5 nitrogen and oxygen atoms in total. The molecule has 3 aromatic rings. The lowest BCUT2D eigenvalue weighted by molar-refractivity contribution is 0.345. The standard InChI is InChI=1S/C26H38N4O.ClH/c1-2-3-4-5-6-7-8-9-10-13-19-30-20-22(21-15-11-12-17-24(21)30)25-28-26(31-29-25)23-16-14-18-27-23;/h11-12,15,17,20,23,27H,2-10,13-14,16,18-19H2,1H3;1H. The van der Waals surface area contributed by atoms with Crippen molar-refractivity contribution in [2.24, 2.45) is 0 Å². The molecule has 1 atom stereocenters. The zero-order valence-corrected chi connectivity index (χ0v) is 20.3. The molecule has 1 fully saturated rings. The first-order valence-electron chi connectivity index (χ1n) is 12.5. The van der Waals surface area contributed by atoms with Gasteiger partial charge < -0.3 is 14.4 Å². The largest absolute Gasteiger partial charge is 0.347 e. The molecule has 0 aliphatic carbocycles. The number of hydrogen-bond acceptors (Lipinski definition) is 4. The van der Waals surface area contributed by atoms with Gasteiger partial charge in [-0.05, 0) is 31.9 Å². The highest BCUT2D eigenvalue weighted by Gasteiger charge is 2.23. The molecule has 0 amide bonds. The fourth-order valence-electron chi connectivity index (χ4n) is 4.76. The highest BCUT2D eigenvalue weighted by molar-refractivity contribution is 5.94. The normalized spacial score (nSPS) is 16.0. The molecule has 176 valence electrons. The van der Waals surface area contributed by atoms with Crippen molar-refractivity contribution in [1.29, 1.82) is 0 Å². The van der Waals surface area contributed by atoms with Gasteiger partial charge in [0.25, 0.3) is 0 Å². The van der Waals surface area contributed by atoms with Crippen molar-refractivity contribution in [1.82, 2.24) is 20.0 Å². The van der Waals surface area contributed by atoms with Crippen LogP contribution in [0.2, 0.25) is 0 Å². The Labute approximate surface area is 198 Å². The molecular weight excluding hydrogens is 420 g/mol. The number of hydrogen-bond donors (Lipinski definition) is 1. The van der Waals surface area contributed by atoms with Crippen LogP contribution in [-0.2, 0) is 6.54 Å². The highest BCUT2D eigenvalue weighted by Crippen LogP contribution is 2.31. The predicted octanol–water partition coefficient (Wildman–Crippen LogP) is 7.46. The van der Waals surface area contributed by atoms with Crippen LogP contribution in [0, 0.1) is 0 Å². The zero-order valence-electron chi connectivity index (χ0n) is 19.5. The predicted molar refractivity (Wildman–Crippen MR) is 134 cm³/mol. The summed E-state index contributed by atoms with van der Waals surface area (Å²) in [6.45, 7) is 4.36. The molecule has 2 aromatic heterocycles. The van der Waals surface area contributed by atoms with Gasteiger partial charge in [-0.2, -0.15) is 4.98 Å². The van der Waals surface area contributed by atoms with Gasteiger partial charge in [0.05, 0.1) is 6.04 Å². The maximum absolute atomic E-state index is 5.60. The molecular formula is C26H39ClN4O. The Bertz CT molecular complexity index is 929. The van der Waals surface area contributed by atoms with Crippen LogP contribution in [0.4, 0.5) is 0 Å². The van der Waals surface area contributed by atoms with Crippen molar-refractivity contribution < 1.29 is 4.52 Å². The molecule has 1 N–H and O–H groups in total. The summed E-state index contributed by atoms with van der Waals surface area (Å²) in [7, 11) is 0. The Hall–Kier alpha value is -1.85. The molecule has 0 saturated carbocycles. The zero-order chi connectivity index (χ0) is 21.3. The molecule has 6 heteroatoms. The van der Waals surface area contributed by atoms with E-state index in [-0.39, 0.29) is 18.4 Å². The highest BCUT2D eigenvalue weighted by atomic mass is 35.5. The second kappa shape index (κ2) is 13.0. The monoisotopic (exact) mass is 458 g/mol. The number of para-hydroxylation sites is 1. The topological polar surface area (TPSA) is 55.9 Å². The van der Waals surface area contributed by atoms with E-state index in [0.29, 0.717) is 5.82 Å². The molecule has 0 spiro atoms. The lowest BCUT2D eigenvalue weighted by atomic mass is 10.1. The van der Waals surface area contributed by atoms with Crippen LogP contribution in [0.25, 0.3) is 22.3 Å². The van der Waals surface area contributed by atoms with Crippen molar-refractivity contribution >= 4 is 23.3 Å². The van der Waals surface area contributed by atoms with Crippen molar-refractivity contribution in [2.75, 3.05) is 6.54 Å². The van der Waals surface area contributed by atoms with Crippen molar-refractivity contribution in [3.63, 3.8) is 0 Å². The van der Waals surface area contributed by atoms with Gasteiger partial charge in [-0.15, -0.1) is 12.4 Å². The summed E-state index contributed by atoms with van der Waals surface area (Å²) in [4.78, 5) is 4.73. The van der Waals surface area contributed by atoms with E-state index in [9.17, 15) is 0 Å². The summed E-state index contributed by atoms with van der Waals surface area (Å²) < 4.78 is 7.97. The van der Waals surface area contributed by atoms with Crippen molar-refractivity contribution in [2.45, 2.75) is 96.6 Å². The minimum Gasteiger partial charge on any atom is -0.347 e. The fourth-order valence-corrected chi connectivity index (χ4v) is 4.76. The number of aryl methyl sites for hydroxylation is 1. The molecule has 3 heterocycles. The van der Waals surface area contributed by atoms with Crippen molar-refractivity contribution in [3.8, 4) is 11.4 Å². The van der Waals surface area contributed by atoms with Gasteiger partial charge in [0.2, 0.25) is 11.7 Å². The molecule has 1 saturated heterocycles. The van der Waals surface area contributed by atoms with E-state index >= 15 is 0 Å². The van der Waals surface area contributed by atoms with Crippen LogP contribution in [0.5, 0.6) is 0 Å². The SMILES string of the molecule is CCCCCCCCCCCCn1cc(-c2noc(C3CCCN3)n2)c2ccccc21.Cl. The molecule has 1 aliphatic rings. The summed E-state index contributed by atoms with van der Waals surface area (Å²) in [6, 6.07) is 8.79. The number of fused-ring (bicyclic) bond motifs is 1. The Morgan fingerprint density at radius 3 is 2.44 bits per heavy atom. The van der Waals surface area contributed by atoms with Gasteiger partial charge in [0, 0.05) is 29.2 Å². The van der Waals surface area contributed by atoms with E-state index < -0.39 is 0 Å². The molecule has 0 radical (unpaired) electrons. The molecule has 0 bridgehead atoms. The van der Waals surface area contributed by atoms with Crippen LogP contribution in [0.1, 0.15) is 95.9 Å². The summed E-state index contributed by atoms with van der Waals surface area (Å²) >= 11 is 0. The van der Waals surface area contributed by atoms with Gasteiger partial charge >= 0.3 is 0 Å². The Morgan fingerprint density at radius 1 is 1.00 bits per heavy atom. The van der Waals surface area contributed by atoms with Crippen LogP contribution in [0.15, 0.2) is 35.0 Å². The second-order valence-corrected chi connectivity index (χ2v) is 9.04. The summed E-state index contributed by atoms with van der Waals surface area (Å²) in [6.07, 6.45) is 18.1.